The lowest BCUT2D eigenvalue weighted by molar-refractivity contribution is -0.145. The van der Waals surface area contributed by atoms with Crippen molar-refractivity contribution >= 4 is 5.91 Å². The number of amides is 1. The molecule has 0 saturated heterocycles. The molecule has 130 valence electrons. The second-order valence-corrected chi connectivity index (χ2v) is 6.82. The molecule has 1 amide bonds. The van der Waals surface area contributed by atoms with Gasteiger partial charge >= 0.3 is 0 Å². The lowest BCUT2D eigenvalue weighted by Crippen LogP contribution is -2.41. The van der Waals surface area contributed by atoms with Gasteiger partial charge < -0.3 is 14.4 Å². The van der Waals surface area contributed by atoms with E-state index in [0.29, 0.717) is 19.8 Å². The third-order valence-electron chi connectivity index (χ3n) is 5.11. The molecule has 0 spiro atoms. The summed E-state index contributed by atoms with van der Waals surface area (Å²) < 4.78 is 11.7. The van der Waals surface area contributed by atoms with Crippen LogP contribution in [0.25, 0.3) is 0 Å². The highest BCUT2D eigenvalue weighted by atomic mass is 16.5. The van der Waals surface area contributed by atoms with Crippen LogP contribution in [0.4, 0.5) is 0 Å². The Labute approximate surface area is 148 Å². The predicted molar refractivity (Wildman–Crippen MR) is 95.2 cm³/mol. The zero-order valence-electron chi connectivity index (χ0n) is 14.5. The first-order chi connectivity index (χ1) is 12.2. The van der Waals surface area contributed by atoms with Crippen LogP contribution in [0, 0.1) is 0 Å². The van der Waals surface area contributed by atoms with Crippen molar-refractivity contribution in [3.05, 3.63) is 70.8 Å². The van der Waals surface area contributed by atoms with Gasteiger partial charge in [-0.3, -0.25) is 4.79 Å². The van der Waals surface area contributed by atoms with Crippen molar-refractivity contribution < 1.29 is 14.3 Å². The normalized spacial score (nSPS) is 22.0. The van der Waals surface area contributed by atoms with Crippen molar-refractivity contribution in [1.29, 1.82) is 0 Å². The number of benzene rings is 2. The van der Waals surface area contributed by atoms with E-state index in [2.05, 4.69) is 24.3 Å². The monoisotopic (exact) mass is 337 g/mol. The second-order valence-electron chi connectivity index (χ2n) is 6.82. The van der Waals surface area contributed by atoms with E-state index in [9.17, 15) is 4.79 Å². The van der Waals surface area contributed by atoms with Crippen LogP contribution in [0.5, 0.6) is 0 Å². The van der Waals surface area contributed by atoms with Gasteiger partial charge in [-0.05, 0) is 28.7 Å². The molecule has 2 aliphatic rings. The molecule has 0 N–H and O–H groups in total. The zero-order chi connectivity index (χ0) is 17.2. The maximum atomic E-state index is 12.9. The van der Waals surface area contributed by atoms with Gasteiger partial charge in [-0.2, -0.15) is 0 Å². The van der Waals surface area contributed by atoms with Gasteiger partial charge in [0.2, 0.25) is 0 Å². The molecule has 0 aromatic heterocycles. The molecule has 2 aromatic rings. The van der Waals surface area contributed by atoms with Crippen LogP contribution in [0.1, 0.15) is 28.4 Å². The summed E-state index contributed by atoms with van der Waals surface area (Å²) >= 11 is 0. The van der Waals surface area contributed by atoms with E-state index in [4.69, 9.17) is 9.47 Å². The van der Waals surface area contributed by atoms with E-state index in [1.54, 1.807) is 4.90 Å². The smallest absolute Gasteiger partial charge is 0.256 e. The summed E-state index contributed by atoms with van der Waals surface area (Å²) in [4.78, 5) is 14.7. The van der Waals surface area contributed by atoms with Crippen LogP contribution in [0.15, 0.2) is 48.5 Å². The molecule has 2 aromatic carbocycles. The summed E-state index contributed by atoms with van der Waals surface area (Å²) in [6.45, 7) is 1.79. The van der Waals surface area contributed by atoms with Crippen LogP contribution in [0.2, 0.25) is 0 Å². The summed E-state index contributed by atoms with van der Waals surface area (Å²) in [6.07, 6.45) is 1.25. The summed E-state index contributed by atoms with van der Waals surface area (Å²) in [6, 6.07) is 16.4. The fourth-order valence-electron chi connectivity index (χ4n) is 3.72. The Morgan fingerprint density at radius 2 is 1.76 bits per heavy atom. The number of fused-ring (bicyclic) bond motifs is 2. The lowest BCUT2D eigenvalue weighted by Gasteiger charge is -2.32. The van der Waals surface area contributed by atoms with Gasteiger partial charge in [0.25, 0.3) is 5.91 Å². The minimum atomic E-state index is -0.495. The molecule has 4 rings (SSSR count). The highest BCUT2D eigenvalue weighted by Gasteiger charge is 2.31. The van der Waals surface area contributed by atoms with E-state index in [0.717, 1.165) is 18.4 Å². The SMILES string of the molecule is CN(CC1Cc2ccccc2CO1)C(=O)C1OCCc2ccccc21. The fraction of sp³-hybridized carbons (Fsp3) is 0.381. The predicted octanol–water partition coefficient (Wildman–Crippen LogP) is 2.90. The number of rotatable bonds is 3. The maximum absolute atomic E-state index is 12.9. The third-order valence-corrected chi connectivity index (χ3v) is 5.11. The topological polar surface area (TPSA) is 38.8 Å². The van der Waals surface area contributed by atoms with Crippen molar-refractivity contribution in [2.75, 3.05) is 20.2 Å². The number of hydrogen-bond acceptors (Lipinski definition) is 3. The van der Waals surface area contributed by atoms with Gasteiger partial charge in [0.15, 0.2) is 6.10 Å². The highest BCUT2D eigenvalue weighted by Crippen LogP contribution is 2.29. The van der Waals surface area contributed by atoms with Gasteiger partial charge in [0.1, 0.15) is 0 Å². The molecule has 0 radical (unpaired) electrons. The Hall–Kier alpha value is -2.17. The molecule has 2 aliphatic heterocycles. The Bertz CT molecular complexity index is 773. The Kier molecular flexibility index (Phi) is 4.55. The minimum absolute atomic E-state index is 0.00890. The van der Waals surface area contributed by atoms with Crippen LogP contribution in [-0.2, 0) is 33.7 Å². The molecule has 25 heavy (non-hydrogen) atoms. The molecule has 2 heterocycles. The molecule has 4 heteroatoms. The van der Waals surface area contributed by atoms with Crippen LogP contribution >= 0.6 is 0 Å². The summed E-state index contributed by atoms with van der Waals surface area (Å²) in [7, 11) is 1.84. The largest absolute Gasteiger partial charge is 0.371 e. The standard InChI is InChI=1S/C21H23NO3/c1-22(13-18-12-16-7-2-3-8-17(16)14-25-18)21(23)20-19-9-5-4-6-15(19)10-11-24-20/h2-9,18,20H,10-14H2,1H3. The first-order valence-corrected chi connectivity index (χ1v) is 8.85. The Morgan fingerprint density at radius 1 is 1.04 bits per heavy atom. The van der Waals surface area contributed by atoms with Crippen molar-refractivity contribution in [1.82, 2.24) is 4.90 Å². The molecule has 0 fully saturated rings. The average molecular weight is 337 g/mol. The Balaban J connectivity index is 1.44. The second kappa shape index (κ2) is 6.98. The van der Waals surface area contributed by atoms with Crippen molar-refractivity contribution in [3.8, 4) is 0 Å². The number of hydrogen-bond donors (Lipinski definition) is 0. The average Bonchev–Trinajstić information content (AvgIpc) is 2.67. The highest BCUT2D eigenvalue weighted by molar-refractivity contribution is 5.82. The van der Waals surface area contributed by atoms with Gasteiger partial charge in [-0.15, -0.1) is 0 Å². The summed E-state index contributed by atoms with van der Waals surface area (Å²) in [5.74, 6) is 0.00890. The number of carbonyl (C=O) groups excluding carboxylic acids is 1. The molecule has 0 bridgehead atoms. The Morgan fingerprint density at radius 3 is 2.60 bits per heavy atom. The van der Waals surface area contributed by atoms with Crippen molar-refractivity contribution in [2.24, 2.45) is 0 Å². The molecule has 2 unspecified atom stereocenters. The molecule has 2 atom stereocenters. The molecule has 0 saturated carbocycles. The van der Waals surface area contributed by atoms with Gasteiger partial charge in [-0.1, -0.05) is 48.5 Å². The quantitative estimate of drug-likeness (QED) is 0.864. The molecular weight excluding hydrogens is 314 g/mol. The molecule has 0 aliphatic carbocycles. The fourth-order valence-corrected chi connectivity index (χ4v) is 3.72. The van der Waals surface area contributed by atoms with E-state index in [1.807, 2.05) is 31.3 Å². The first kappa shape index (κ1) is 16.3. The van der Waals surface area contributed by atoms with Gasteiger partial charge in [0, 0.05) is 20.0 Å². The van der Waals surface area contributed by atoms with E-state index in [1.165, 1.54) is 16.7 Å². The zero-order valence-corrected chi connectivity index (χ0v) is 14.5. The van der Waals surface area contributed by atoms with Crippen molar-refractivity contribution in [2.45, 2.75) is 31.7 Å². The minimum Gasteiger partial charge on any atom is -0.371 e. The lowest BCUT2D eigenvalue weighted by atomic mass is 9.96. The van der Waals surface area contributed by atoms with Crippen molar-refractivity contribution in [3.63, 3.8) is 0 Å². The third kappa shape index (κ3) is 3.32. The van der Waals surface area contributed by atoms with Crippen LogP contribution in [-0.4, -0.2) is 37.1 Å². The number of ether oxygens (including phenoxy) is 2. The number of likely N-dealkylation sites (N-methyl/N-ethyl adjacent to an activating group) is 1. The van der Waals surface area contributed by atoms with E-state index < -0.39 is 6.10 Å². The van der Waals surface area contributed by atoms with Crippen LogP contribution < -0.4 is 0 Å². The summed E-state index contributed by atoms with van der Waals surface area (Å²) in [5.41, 5.74) is 4.78. The van der Waals surface area contributed by atoms with Gasteiger partial charge in [-0.25, -0.2) is 0 Å². The molecule has 4 nitrogen and oxygen atoms in total. The van der Waals surface area contributed by atoms with Gasteiger partial charge in [0.05, 0.1) is 19.3 Å². The first-order valence-electron chi connectivity index (χ1n) is 8.85. The van der Waals surface area contributed by atoms with E-state index in [-0.39, 0.29) is 12.0 Å². The summed E-state index contributed by atoms with van der Waals surface area (Å²) in [5, 5.41) is 0. The van der Waals surface area contributed by atoms with Crippen LogP contribution in [0.3, 0.4) is 0 Å². The molecular formula is C21H23NO3. The number of nitrogens with zero attached hydrogens (tertiary/aromatic N) is 1. The maximum Gasteiger partial charge on any atom is 0.256 e. The van der Waals surface area contributed by atoms with E-state index >= 15 is 0 Å². The number of carbonyl (C=O) groups is 1.